The minimum atomic E-state index is 0.589. The van der Waals surface area contributed by atoms with E-state index in [-0.39, 0.29) is 0 Å². The first-order valence-corrected chi connectivity index (χ1v) is 15.8. The molecule has 0 saturated carbocycles. The maximum Gasteiger partial charge on any atom is 0.0575 e. The van der Waals surface area contributed by atoms with Crippen LogP contribution in [0.4, 0.5) is 0 Å². The van der Waals surface area contributed by atoms with E-state index in [1.54, 1.807) is 0 Å². The largest absolute Gasteiger partial charge is 0.378 e. The van der Waals surface area contributed by atoms with Gasteiger partial charge in [0.05, 0.1) is 6.10 Å². The van der Waals surface area contributed by atoms with Crippen molar-refractivity contribution in [3.8, 4) is 0 Å². The molecular formula is C35H60O. The molecule has 0 bridgehead atoms. The van der Waals surface area contributed by atoms with Gasteiger partial charge in [-0.15, -0.1) is 0 Å². The van der Waals surface area contributed by atoms with Gasteiger partial charge in [0.25, 0.3) is 0 Å². The number of allylic oxidation sites excluding steroid dienone is 10. The predicted molar refractivity (Wildman–Crippen MR) is 163 cm³/mol. The van der Waals surface area contributed by atoms with Gasteiger partial charge in [-0.3, -0.25) is 0 Å². The zero-order chi connectivity index (χ0) is 25.6. The molecule has 1 atom stereocenters. The van der Waals surface area contributed by atoms with Crippen LogP contribution in [0.3, 0.4) is 0 Å². The quantitative estimate of drug-likeness (QED) is 0.0953. The normalized spacial score (nSPS) is 17.2. The third kappa shape index (κ3) is 24.4. The fourth-order valence-corrected chi connectivity index (χ4v) is 4.81. The van der Waals surface area contributed by atoms with Crippen molar-refractivity contribution in [2.24, 2.45) is 0 Å². The molecule has 1 unspecified atom stereocenters. The summed E-state index contributed by atoms with van der Waals surface area (Å²) in [7, 11) is 0. The van der Waals surface area contributed by atoms with Crippen molar-refractivity contribution in [3.05, 3.63) is 60.8 Å². The average molecular weight is 497 g/mol. The monoisotopic (exact) mass is 496 g/mol. The van der Waals surface area contributed by atoms with E-state index in [0.717, 1.165) is 38.7 Å². The lowest BCUT2D eigenvalue weighted by molar-refractivity contribution is 0.00977. The van der Waals surface area contributed by atoms with E-state index in [0.29, 0.717) is 6.10 Å². The van der Waals surface area contributed by atoms with Crippen molar-refractivity contribution in [2.45, 2.75) is 154 Å². The molecule has 1 fully saturated rings. The number of unbranched alkanes of at least 4 members (excludes halogenated alkanes) is 12. The Balaban J connectivity index is 1.74. The minimum Gasteiger partial charge on any atom is -0.378 e. The summed E-state index contributed by atoms with van der Waals surface area (Å²) in [5, 5.41) is 0. The average Bonchev–Trinajstić information content (AvgIpc) is 2.91. The van der Waals surface area contributed by atoms with E-state index in [1.165, 1.54) is 109 Å². The molecule has 1 nitrogen and oxygen atoms in total. The van der Waals surface area contributed by atoms with Crippen LogP contribution in [0, 0.1) is 0 Å². The van der Waals surface area contributed by atoms with Crippen LogP contribution in [0.1, 0.15) is 148 Å². The second-order valence-corrected chi connectivity index (χ2v) is 10.5. The topological polar surface area (TPSA) is 9.23 Å². The highest BCUT2D eigenvalue weighted by atomic mass is 16.5. The molecule has 0 spiro atoms. The number of hydrogen-bond acceptors (Lipinski definition) is 1. The van der Waals surface area contributed by atoms with E-state index < -0.39 is 0 Å². The van der Waals surface area contributed by atoms with Crippen molar-refractivity contribution >= 4 is 0 Å². The number of hydrogen-bond donors (Lipinski definition) is 0. The lowest BCUT2D eigenvalue weighted by Gasteiger charge is -2.22. The van der Waals surface area contributed by atoms with Crippen molar-refractivity contribution < 1.29 is 4.74 Å². The molecule has 36 heavy (non-hydrogen) atoms. The van der Waals surface area contributed by atoms with E-state index in [9.17, 15) is 0 Å². The van der Waals surface area contributed by atoms with Crippen molar-refractivity contribution in [3.63, 3.8) is 0 Å². The van der Waals surface area contributed by atoms with Gasteiger partial charge in [-0.2, -0.15) is 0 Å². The third-order valence-electron chi connectivity index (χ3n) is 7.08. The summed E-state index contributed by atoms with van der Waals surface area (Å²) in [4.78, 5) is 0. The summed E-state index contributed by atoms with van der Waals surface area (Å²) < 4.78 is 5.83. The predicted octanol–water partition coefficient (Wildman–Crippen LogP) is 11.8. The first-order chi connectivity index (χ1) is 17.9. The Morgan fingerprint density at radius 2 is 0.944 bits per heavy atom. The van der Waals surface area contributed by atoms with Crippen molar-refractivity contribution in [1.29, 1.82) is 0 Å². The van der Waals surface area contributed by atoms with Crippen LogP contribution in [-0.2, 0) is 4.74 Å². The number of rotatable bonds is 24. The standard InChI is InChI=1S/C35H60O/c1-2-3-4-5-6-7-8-9-10-11-12-13-14-15-16-17-18-19-20-21-22-23-24-25-26-27-28-29-32-35-33-30-31-34-36-35/h3-4,6-7,9-10,12-13,15-16,35H,2,5,8,11,14,17-34H2,1H3/b4-3?,7-6?,10-9?,13-12?,16-15-. The fraction of sp³-hybridized carbons (Fsp3) is 0.714. The highest BCUT2D eigenvalue weighted by Crippen LogP contribution is 2.19. The van der Waals surface area contributed by atoms with Gasteiger partial charge in [-0.25, -0.2) is 0 Å². The molecule has 1 aliphatic rings. The van der Waals surface area contributed by atoms with Gasteiger partial charge >= 0.3 is 0 Å². The molecule has 0 aromatic rings. The molecule has 1 saturated heterocycles. The van der Waals surface area contributed by atoms with Crippen LogP contribution < -0.4 is 0 Å². The maximum absolute atomic E-state index is 5.83. The van der Waals surface area contributed by atoms with Crippen molar-refractivity contribution in [2.75, 3.05) is 6.61 Å². The lowest BCUT2D eigenvalue weighted by atomic mass is 10.0. The van der Waals surface area contributed by atoms with Crippen LogP contribution >= 0.6 is 0 Å². The molecule has 0 amide bonds. The molecule has 1 heterocycles. The summed E-state index contributed by atoms with van der Waals surface area (Å²) in [6, 6.07) is 0. The number of ether oxygens (including phenoxy) is 1. The molecular weight excluding hydrogens is 436 g/mol. The zero-order valence-electron chi connectivity index (χ0n) is 24.0. The molecule has 0 radical (unpaired) electrons. The maximum atomic E-state index is 5.83. The molecule has 0 aliphatic carbocycles. The summed E-state index contributed by atoms with van der Waals surface area (Å²) >= 11 is 0. The minimum absolute atomic E-state index is 0.589. The zero-order valence-corrected chi connectivity index (χ0v) is 24.0. The molecule has 1 rings (SSSR count). The van der Waals surface area contributed by atoms with Gasteiger partial charge in [0, 0.05) is 6.61 Å². The summed E-state index contributed by atoms with van der Waals surface area (Å²) in [6.45, 7) is 3.18. The SMILES string of the molecule is CCC=CCC=CCC=CCC=CC/C=C\CCCCCCCCCCCCCCC1CCCCO1. The molecule has 206 valence electrons. The lowest BCUT2D eigenvalue weighted by Crippen LogP contribution is -2.18. The Morgan fingerprint density at radius 1 is 0.500 bits per heavy atom. The summed E-state index contributed by atoms with van der Waals surface area (Å²) in [5.74, 6) is 0. The molecule has 0 aromatic carbocycles. The van der Waals surface area contributed by atoms with Crippen LogP contribution in [0.2, 0.25) is 0 Å². The van der Waals surface area contributed by atoms with Crippen LogP contribution in [0.25, 0.3) is 0 Å². The Kier molecular flexibility index (Phi) is 25.6. The van der Waals surface area contributed by atoms with E-state index in [1.807, 2.05) is 0 Å². The van der Waals surface area contributed by atoms with Crippen LogP contribution in [-0.4, -0.2) is 12.7 Å². The van der Waals surface area contributed by atoms with Gasteiger partial charge < -0.3 is 4.74 Å². The summed E-state index contributed by atoms with van der Waals surface area (Å²) in [5.41, 5.74) is 0. The fourth-order valence-electron chi connectivity index (χ4n) is 4.81. The molecule has 1 aliphatic heterocycles. The van der Waals surface area contributed by atoms with E-state index >= 15 is 0 Å². The second-order valence-electron chi connectivity index (χ2n) is 10.5. The first-order valence-electron chi connectivity index (χ1n) is 15.8. The molecule has 0 aromatic heterocycles. The molecule has 1 heteroatoms. The summed E-state index contributed by atoms with van der Waals surface area (Å²) in [6.07, 6.45) is 52.3. The van der Waals surface area contributed by atoms with Crippen LogP contribution in [0.5, 0.6) is 0 Å². The third-order valence-corrected chi connectivity index (χ3v) is 7.08. The van der Waals surface area contributed by atoms with E-state index in [4.69, 9.17) is 4.74 Å². The Bertz CT molecular complexity index is 573. The Labute approximate surface area is 226 Å². The van der Waals surface area contributed by atoms with E-state index in [2.05, 4.69) is 67.7 Å². The van der Waals surface area contributed by atoms with Gasteiger partial charge in [-0.05, 0) is 70.6 Å². The highest BCUT2D eigenvalue weighted by Gasteiger charge is 2.12. The van der Waals surface area contributed by atoms with Gasteiger partial charge in [0.15, 0.2) is 0 Å². The first kappa shape index (κ1) is 32.7. The Hall–Kier alpha value is -1.34. The van der Waals surface area contributed by atoms with Crippen LogP contribution in [0.15, 0.2) is 60.8 Å². The van der Waals surface area contributed by atoms with Gasteiger partial charge in [0.1, 0.15) is 0 Å². The smallest absolute Gasteiger partial charge is 0.0575 e. The second kappa shape index (κ2) is 28.2. The highest BCUT2D eigenvalue weighted by molar-refractivity contribution is 5.00. The Morgan fingerprint density at radius 3 is 1.42 bits per heavy atom. The molecule has 0 N–H and O–H groups in total. The van der Waals surface area contributed by atoms with Crippen molar-refractivity contribution in [1.82, 2.24) is 0 Å². The van der Waals surface area contributed by atoms with Gasteiger partial charge in [-0.1, -0.05) is 138 Å². The van der Waals surface area contributed by atoms with Gasteiger partial charge in [0.2, 0.25) is 0 Å².